The third-order valence-electron chi connectivity index (χ3n) is 8.53. The van der Waals surface area contributed by atoms with E-state index in [1.165, 1.54) is 5.56 Å². The first-order valence-electron chi connectivity index (χ1n) is 15.3. The fourth-order valence-electron chi connectivity index (χ4n) is 5.93. The summed E-state index contributed by atoms with van der Waals surface area (Å²) in [6.45, 7) is 10.9. The molecule has 4 nitrogen and oxygen atoms in total. The van der Waals surface area contributed by atoms with E-state index < -0.39 is 5.97 Å². The molecule has 0 atom stereocenters. The lowest BCUT2D eigenvalue weighted by Gasteiger charge is -2.26. The second-order valence-electron chi connectivity index (χ2n) is 12.1. The number of rotatable bonds is 8. The largest absolute Gasteiger partial charge is 0.489 e. The summed E-state index contributed by atoms with van der Waals surface area (Å²) in [5.41, 5.74) is 9.11. The molecule has 0 radical (unpaired) electrons. The van der Waals surface area contributed by atoms with Crippen LogP contribution in [0.5, 0.6) is 11.5 Å². The van der Waals surface area contributed by atoms with Crippen LogP contribution in [0.3, 0.4) is 0 Å². The van der Waals surface area contributed by atoms with E-state index in [2.05, 4.69) is 44.2 Å². The first-order valence-corrected chi connectivity index (χ1v) is 15.3. The fourth-order valence-corrected chi connectivity index (χ4v) is 5.93. The van der Waals surface area contributed by atoms with Crippen molar-refractivity contribution in [1.82, 2.24) is 4.98 Å². The Kier molecular flexibility index (Phi) is 8.23. The molecule has 0 aliphatic carbocycles. The highest BCUT2D eigenvalue weighted by Gasteiger charge is 2.24. The van der Waals surface area contributed by atoms with Crippen LogP contribution in [0.1, 0.15) is 57.6 Å². The summed E-state index contributed by atoms with van der Waals surface area (Å²) < 4.78 is 12.0. The van der Waals surface area contributed by atoms with Gasteiger partial charge in [0.25, 0.3) is 0 Å². The second kappa shape index (κ2) is 12.4. The number of esters is 1. The predicted octanol–water partition coefficient (Wildman–Crippen LogP) is 9.95. The summed E-state index contributed by atoms with van der Waals surface area (Å²) in [5, 5.41) is 0.795. The number of pyridine rings is 1. The quantitative estimate of drug-likeness (QED) is 0.131. The van der Waals surface area contributed by atoms with Crippen molar-refractivity contribution in [1.29, 1.82) is 0 Å². The number of carbonyl (C=O) groups is 1. The van der Waals surface area contributed by atoms with Gasteiger partial charge in [0.05, 0.1) is 16.8 Å². The monoisotopic (exact) mass is 591 g/mol. The lowest BCUT2D eigenvalue weighted by Crippen LogP contribution is -2.18. The van der Waals surface area contributed by atoms with Gasteiger partial charge in [-0.1, -0.05) is 98.3 Å². The van der Waals surface area contributed by atoms with Gasteiger partial charge >= 0.3 is 5.97 Å². The molecular weight excluding hydrogens is 554 g/mol. The molecule has 0 saturated heterocycles. The highest BCUT2D eigenvalue weighted by Crippen LogP contribution is 2.35. The van der Waals surface area contributed by atoms with Crippen molar-refractivity contribution in [3.63, 3.8) is 0 Å². The highest BCUT2D eigenvalue weighted by atomic mass is 16.5. The average Bonchev–Trinajstić information content (AvgIpc) is 3.05. The molecule has 0 aliphatic heterocycles. The number of carbonyl (C=O) groups excluding carboxylic acids is 1. The normalized spacial score (nSPS) is 11.4. The second-order valence-corrected chi connectivity index (χ2v) is 12.1. The highest BCUT2D eigenvalue weighted by molar-refractivity contribution is 6.08. The van der Waals surface area contributed by atoms with Gasteiger partial charge in [-0.25, -0.2) is 9.78 Å². The van der Waals surface area contributed by atoms with Gasteiger partial charge in [0.15, 0.2) is 0 Å². The molecule has 0 unspecified atom stereocenters. The molecule has 0 saturated carbocycles. The third kappa shape index (κ3) is 6.23. The van der Waals surface area contributed by atoms with Crippen LogP contribution in [-0.2, 0) is 12.0 Å². The van der Waals surface area contributed by atoms with Gasteiger partial charge in [0, 0.05) is 16.4 Å². The van der Waals surface area contributed by atoms with Crippen LogP contribution in [0.2, 0.25) is 0 Å². The molecule has 224 valence electrons. The van der Waals surface area contributed by atoms with Crippen LogP contribution in [0.4, 0.5) is 0 Å². The van der Waals surface area contributed by atoms with E-state index >= 15 is 0 Å². The van der Waals surface area contributed by atoms with Gasteiger partial charge < -0.3 is 9.47 Å². The van der Waals surface area contributed by atoms with Gasteiger partial charge in [0.2, 0.25) is 0 Å². The van der Waals surface area contributed by atoms with Crippen LogP contribution >= 0.6 is 0 Å². The van der Waals surface area contributed by atoms with Gasteiger partial charge in [-0.3, -0.25) is 0 Å². The number of ether oxygens (including phenoxy) is 2. The number of benzene rings is 5. The van der Waals surface area contributed by atoms with E-state index in [-0.39, 0.29) is 5.41 Å². The summed E-state index contributed by atoms with van der Waals surface area (Å²) in [6.07, 6.45) is 0. The van der Waals surface area contributed by atoms with Crippen molar-refractivity contribution in [3.05, 3.63) is 160 Å². The number of hydrogen-bond acceptors (Lipinski definition) is 4. The van der Waals surface area contributed by atoms with E-state index in [0.29, 0.717) is 17.9 Å². The van der Waals surface area contributed by atoms with E-state index in [1.54, 1.807) is 0 Å². The zero-order valence-corrected chi connectivity index (χ0v) is 26.4. The van der Waals surface area contributed by atoms with Gasteiger partial charge in [-0.05, 0) is 91.1 Å². The number of fused-ring (bicyclic) bond motifs is 1. The summed E-state index contributed by atoms with van der Waals surface area (Å²) in [7, 11) is 0. The zero-order chi connectivity index (χ0) is 31.6. The number of aromatic nitrogens is 1. The Labute approximate surface area is 265 Å². The minimum atomic E-state index is -0.399. The van der Waals surface area contributed by atoms with Crippen molar-refractivity contribution in [2.24, 2.45) is 0 Å². The van der Waals surface area contributed by atoms with Crippen LogP contribution in [0, 0.1) is 20.8 Å². The van der Waals surface area contributed by atoms with Gasteiger partial charge in [0.1, 0.15) is 18.1 Å². The van der Waals surface area contributed by atoms with E-state index in [4.69, 9.17) is 14.5 Å². The molecule has 6 aromatic rings. The number of nitrogens with zero attached hydrogens (tertiary/aromatic N) is 1. The Morgan fingerprint density at radius 2 is 1.31 bits per heavy atom. The minimum absolute atomic E-state index is 0.187. The standard InChI is InChI=1S/C41H37NO3/c1-27-24-28(2)38-36(25-27)37(40(43)45-35-22-18-33(19-23-35)41(4,5)32-14-10-7-11-15-32)29(3)39(42-38)31-16-20-34(21-17-31)44-26-30-12-8-6-9-13-30/h6-25H,26H2,1-5H3. The SMILES string of the molecule is Cc1cc(C)c2nc(-c3ccc(OCc4ccccc4)cc3)c(C)c(C(=O)Oc3ccc(C(C)(C)c4ccccc4)cc3)c2c1. The maximum absolute atomic E-state index is 14.0. The van der Waals surface area contributed by atoms with Crippen molar-refractivity contribution in [3.8, 4) is 22.8 Å². The Bertz CT molecular complexity index is 1960. The molecule has 0 amide bonds. The maximum atomic E-state index is 14.0. The van der Waals surface area contributed by atoms with Crippen LogP contribution in [0.15, 0.2) is 121 Å². The summed E-state index contributed by atoms with van der Waals surface area (Å²) in [5.74, 6) is 0.873. The minimum Gasteiger partial charge on any atom is -0.489 e. The molecule has 4 heteroatoms. The van der Waals surface area contributed by atoms with E-state index in [1.807, 2.05) is 112 Å². The fraction of sp³-hybridized carbons (Fsp3) is 0.171. The van der Waals surface area contributed by atoms with Crippen LogP contribution in [-0.4, -0.2) is 11.0 Å². The Balaban J connectivity index is 1.31. The van der Waals surface area contributed by atoms with Gasteiger partial charge in [-0.2, -0.15) is 0 Å². The topological polar surface area (TPSA) is 48.4 Å². The third-order valence-corrected chi connectivity index (χ3v) is 8.53. The summed E-state index contributed by atoms with van der Waals surface area (Å²) in [4.78, 5) is 19.0. The van der Waals surface area contributed by atoms with Crippen LogP contribution < -0.4 is 9.47 Å². The maximum Gasteiger partial charge on any atom is 0.344 e. The Morgan fingerprint density at radius 3 is 1.98 bits per heavy atom. The molecule has 0 spiro atoms. The van der Waals surface area contributed by atoms with Crippen molar-refractivity contribution >= 4 is 16.9 Å². The molecule has 5 aromatic carbocycles. The zero-order valence-electron chi connectivity index (χ0n) is 26.4. The lowest BCUT2D eigenvalue weighted by molar-refractivity contribution is 0.0736. The Hall–Kier alpha value is -5.22. The molecule has 0 bridgehead atoms. The predicted molar refractivity (Wildman–Crippen MR) is 182 cm³/mol. The van der Waals surface area contributed by atoms with Crippen LogP contribution in [0.25, 0.3) is 22.2 Å². The Morgan fingerprint density at radius 1 is 0.711 bits per heavy atom. The summed E-state index contributed by atoms with van der Waals surface area (Å²) in [6, 6.07) is 40.3. The van der Waals surface area contributed by atoms with E-state index in [0.717, 1.165) is 55.7 Å². The lowest BCUT2D eigenvalue weighted by atomic mass is 9.78. The molecule has 0 aliphatic rings. The molecule has 0 N–H and O–H groups in total. The molecule has 0 fully saturated rings. The van der Waals surface area contributed by atoms with Crippen molar-refractivity contribution < 1.29 is 14.3 Å². The van der Waals surface area contributed by atoms with Gasteiger partial charge in [-0.15, -0.1) is 0 Å². The molecule has 45 heavy (non-hydrogen) atoms. The van der Waals surface area contributed by atoms with E-state index in [9.17, 15) is 4.79 Å². The smallest absolute Gasteiger partial charge is 0.344 e. The number of hydrogen-bond donors (Lipinski definition) is 0. The first-order chi connectivity index (χ1) is 21.7. The summed E-state index contributed by atoms with van der Waals surface area (Å²) >= 11 is 0. The van der Waals surface area contributed by atoms with Crippen molar-refractivity contribution in [2.75, 3.05) is 0 Å². The molecule has 6 rings (SSSR count). The van der Waals surface area contributed by atoms with Crippen molar-refractivity contribution in [2.45, 2.75) is 46.6 Å². The molecular formula is C41H37NO3. The molecule has 1 heterocycles. The number of aryl methyl sites for hydroxylation is 2. The molecule has 1 aromatic heterocycles. The first kappa shape index (κ1) is 29.8. The average molecular weight is 592 g/mol.